The highest BCUT2D eigenvalue weighted by molar-refractivity contribution is 8.00. The second-order valence-corrected chi connectivity index (χ2v) is 10.8. The number of fused-ring (bicyclic) bond motifs is 2. The lowest BCUT2D eigenvalue weighted by Gasteiger charge is -2.24. The van der Waals surface area contributed by atoms with E-state index in [1.54, 1.807) is 18.3 Å². The molecule has 9 heteroatoms. The van der Waals surface area contributed by atoms with Gasteiger partial charge in [-0.2, -0.15) is 4.98 Å². The third kappa shape index (κ3) is 5.53. The van der Waals surface area contributed by atoms with E-state index >= 15 is 0 Å². The lowest BCUT2D eigenvalue weighted by molar-refractivity contribution is -0.113. The van der Waals surface area contributed by atoms with Crippen LogP contribution < -0.4 is 10.1 Å². The first-order valence-corrected chi connectivity index (χ1v) is 13.6. The molecule has 2 aromatic carbocycles. The summed E-state index contributed by atoms with van der Waals surface area (Å²) in [5.74, 6) is 1.89. The van der Waals surface area contributed by atoms with Crippen molar-refractivity contribution in [3.8, 4) is 23.0 Å². The van der Waals surface area contributed by atoms with Crippen LogP contribution in [0.3, 0.4) is 0 Å². The summed E-state index contributed by atoms with van der Waals surface area (Å²) >= 11 is 7.55. The molecule has 2 N–H and O–H groups in total. The number of aryl methyl sites for hydroxylation is 1. The second-order valence-electron chi connectivity index (χ2n) is 9.37. The zero-order chi connectivity index (χ0) is 26.8. The topological polar surface area (TPSA) is 97.2 Å². The largest absolute Gasteiger partial charge is 0.436 e. The van der Waals surface area contributed by atoms with Gasteiger partial charge in [-0.25, -0.2) is 4.98 Å². The maximum Gasteiger partial charge on any atom is 0.234 e. The van der Waals surface area contributed by atoms with Crippen LogP contribution in [0.4, 0.5) is 5.69 Å². The summed E-state index contributed by atoms with van der Waals surface area (Å²) in [5, 5.41) is 14.1. The number of benzene rings is 2. The normalized spacial score (nSPS) is 12.1. The zero-order valence-corrected chi connectivity index (χ0v) is 22.9. The van der Waals surface area contributed by atoms with Gasteiger partial charge in [-0.05, 0) is 42.7 Å². The van der Waals surface area contributed by atoms with Crippen molar-refractivity contribution >= 4 is 35.0 Å². The van der Waals surface area contributed by atoms with Crippen molar-refractivity contribution in [3.63, 3.8) is 0 Å². The number of aliphatic hydroxyl groups excluding tert-OH is 1. The molecule has 1 aliphatic heterocycles. The number of ether oxygens (including phenoxy) is 1. The highest BCUT2D eigenvalue weighted by atomic mass is 35.5. The molecule has 4 aromatic rings. The van der Waals surface area contributed by atoms with Gasteiger partial charge in [0.05, 0.1) is 23.6 Å². The predicted octanol–water partition coefficient (Wildman–Crippen LogP) is 6.54. The van der Waals surface area contributed by atoms with E-state index in [0.29, 0.717) is 51.1 Å². The molecule has 1 amide bonds. The predicted molar refractivity (Wildman–Crippen MR) is 150 cm³/mol. The summed E-state index contributed by atoms with van der Waals surface area (Å²) in [6, 6.07) is 15.2. The van der Waals surface area contributed by atoms with Crippen LogP contribution in [-0.4, -0.2) is 31.7 Å². The molecule has 0 fully saturated rings. The van der Waals surface area contributed by atoms with Crippen molar-refractivity contribution < 1.29 is 14.6 Å². The Balaban J connectivity index is 1.45. The number of rotatable bonds is 7. The van der Waals surface area contributed by atoms with Crippen molar-refractivity contribution in [2.45, 2.75) is 44.7 Å². The molecule has 2 aromatic heterocycles. The Bertz CT molecular complexity index is 1510. The minimum Gasteiger partial charge on any atom is -0.436 e. The number of nitrogens with zero attached hydrogens (tertiary/aromatic N) is 3. The van der Waals surface area contributed by atoms with Crippen LogP contribution in [0.2, 0.25) is 5.02 Å². The number of anilines is 1. The van der Waals surface area contributed by atoms with Crippen LogP contribution in [-0.2, 0) is 17.8 Å². The van der Waals surface area contributed by atoms with Gasteiger partial charge in [0.25, 0.3) is 0 Å². The number of aromatic nitrogens is 3. The van der Waals surface area contributed by atoms with Gasteiger partial charge in [-0.1, -0.05) is 61.5 Å². The van der Waals surface area contributed by atoms with E-state index in [2.05, 4.69) is 24.1 Å². The molecule has 0 aliphatic carbocycles. The maximum absolute atomic E-state index is 12.9. The number of thioether (sulfide) groups is 1. The van der Waals surface area contributed by atoms with Crippen LogP contribution in [0.15, 0.2) is 59.8 Å². The zero-order valence-electron chi connectivity index (χ0n) is 21.3. The van der Waals surface area contributed by atoms with Gasteiger partial charge in [0.1, 0.15) is 5.03 Å². The summed E-state index contributed by atoms with van der Waals surface area (Å²) in [6.07, 6.45) is 2.12. The van der Waals surface area contributed by atoms with Crippen LogP contribution in [0.1, 0.15) is 47.7 Å². The number of nitrogens with one attached hydrogen (secondary N) is 1. The van der Waals surface area contributed by atoms with Gasteiger partial charge in [0.15, 0.2) is 11.6 Å². The van der Waals surface area contributed by atoms with E-state index in [-0.39, 0.29) is 18.3 Å². The molecule has 0 atom stereocenters. The fourth-order valence-electron chi connectivity index (χ4n) is 4.25. The Kier molecular flexibility index (Phi) is 7.65. The quantitative estimate of drug-likeness (QED) is 0.176. The molecule has 194 valence electrons. The van der Waals surface area contributed by atoms with Gasteiger partial charge in [0, 0.05) is 40.0 Å². The van der Waals surface area contributed by atoms with Crippen LogP contribution in [0.5, 0.6) is 11.6 Å². The first-order valence-electron chi connectivity index (χ1n) is 12.3. The van der Waals surface area contributed by atoms with E-state index in [1.807, 2.05) is 43.3 Å². The van der Waals surface area contributed by atoms with Gasteiger partial charge in [-0.3, -0.25) is 9.78 Å². The molecule has 0 unspecified atom stereocenters. The van der Waals surface area contributed by atoms with E-state index in [9.17, 15) is 9.90 Å². The third-order valence-corrected chi connectivity index (χ3v) is 7.59. The van der Waals surface area contributed by atoms with Gasteiger partial charge < -0.3 is 15.2 Å². The van der Waals surface area contributed by atoms with Gasteiger partial charge in [-0.15, -0.1) is 0 Å². The molecular formula is C29H27ClN4O3S. The second kappa shape index (κ2) is 11.1. The number of hydrogen-bond donors (Lipinski definition) is 2. The van der Waals surface area contributed by atoms with Crippen LogP contribution in [0, 0.1) is 6.92 Å². The van der Waals surface area contributed by atoms with E-state index in [0.717, 1.165) is 22.4 Å². The van der Waals surface area contributed by atoms with Crippen LogP contribution in [0.25, 0.3) is 11.4 Å². The Morgan fingerprint density at radius 1 is 1.16 bits per heavy atom. The van der Waals surface area contributed by atoms with Gasteiger partial charge in [0.2, 0.25) is 11.8 Å². The summed E-state index contributed by atoms with van der Waals surface area (Å²) in [6.45, 7) is 5.97. The monoisotopic (exact) mass is 546 g/mol. The van der Waals surface area contributed by atoms with Gasteiger partial charge >= 0.3 is 0 Å². The number of aliphatic hydroxyl groups is 1. The van der Waals surface area contributed by atoms with Crippen molar-refractivity contribution in [1.82, 2.24) is 15.0 Å². The number of halogens is 1. The van der Waals surface area contributed by atoms with Crippen molar-refractivity contribution in [2.24, 2.45) is 0 Å². The lowest BCUT2D eigenvalue weighted by atomic mass is 9.99. The summed E-state index contributed by atoms with van der Waals surface area (Å²) < 4.78 is 6.25. The van der Waals surface area contributed by atoms with E-state index in [1.165, 1.54) is 17.3 Å². The molecule has 3 heterocycles. The Morgan fingerprint density at radius 3 is 2.66 bits per heavy atom. The number of carbonyl (C=O) groups excluding carboxylic acids is 1. The molecule has 0 bridgehead atoms. The Labute approximate surface area is 230 Å². The highest BCUT2D eigenvalue weighted by Crippen LogP contribution is 2.42. The van der Waals surface area contributed by atoms with E-state index < -0.39 is 0 Å². The molecule has 0 saturated heterocycles. The number of pyridine rings is 1. The standard InChI is InChI=1S/C29H27ClN4O3S/c1-16(2)18-7-9-22(10-8-18)32-25(36)15-38-29-24-12-23-20(14-35)13-31-17(3)26(23)37-28(24)33-27(34-29)19-5-4-6-21(30)11-19/h4-11,13,16,35H,12,14-15H2,1-3H3,(H,32,36). The van der Waals surface area contributed by atoms with Crippen molar-refractivity contribution in [3.05, 3.63) is 87.7 Å². The number of carbonyl (C=O) groups is 1. The third-order valence-electron chi connectivity index (χ3n) is 6.34. The molecule has 38 heavy (non-hydrogen) atoms. The minimum absolute atomic E-state index is 0.141. The molecule has 7 nitrogen and oxygen atoms in total. The van der Waals surface area contributed by atoms with Crippen LogP contribution >= 0.6 is 23.4 Å². The first-order chi connectivity index (χ1) is 18.3. The minimum atomic E-state index is -0.157. The molecule has 0 spiro atoms. The smallest absolute Gasteiger partial charge is 0.234 e. The molecule has 1 aliphatic rings. The number of hydrogen-bond acceptors (Lipinski definition) is 7. The maximum atomic E-state index is 12.9. The molecule has 0 radical (unpaired) electrons. The summed E-state index contributed by atoms with van der Waals surface area (Å²) in [7, 11) is 0. The molecular weight excluding hydrogens is 520 g/mol. The van der Waals surface area contributed by atoms with Crippen molar-refractivity contribution in [1.29, 1.82) is 0 Å². The fourth-order valence-corrected chi connectivity index (χ4v) is 5.27. The van der Waals surface area contributed by atoms with Crippen molar-refractivity contribution in [2.75, 3.05) is 11.1 Å². The number of amides is 1. The van der Waals surface area contributed by atoms with E-state index in [4.69, 9.17) is 26.3 Å². The first kappa shape index (κ1) is 26.2. The molecule has 5 rings (SSSR count). The lowest BCUT2D eigenvalue weighted by Crippen LogP contribution is -2.16. The molecule has 0 saturated carbocycles. The average molecular weight is 547 g/mol. The summed E-state index contributed by atoms with van der Waals surface area (Å²) in [5.41, 5.74) is 5.72. The SMILES string of the molecule is Cc1ncc(CO)c2c1Oc1nc(-c3cccc(Cl)c3)nc(SCC(=O)Nc3ccc(C(C)C)cc3)c1C2. The fraction of sp³-hybridized carbons (Fsp3) is 0.241. The Morgan fingerprint density at radius 2 is 1.95 bits per heavy atom. The Hall–Kier alpha value is -3.46. The highest BCUT2D eigenvalue weighted by Gasteiger charge is 2.28. The average Bonchev–Trinajstić information content (AvgIpc) is 2.91. The summed E-state index contributed by atoms with van der Waals surface area (Å²) in [4.78, 5) is 26.7.